The number of hydrogen-bond donors (Lipinski definition) is 2. The molecule has 7 heteroatoms. The first-order chi connectivity index (χ1) is 14.1. The molecule has 144 valence electrons. The van der Waals surface area contributed by atoms with Crippen molar-refractivity contribution in [3.8, 4) is 0 Å². The average molecular weight is 405 g/mol. The minimum Gasteiger partial charge on any atom is -0.317 e. The molecule has 0 fully saturated rings. The fourth-order valence-electron chi connectivity index (χ4n) is 2.38. The molecule has 0 spiro atoms. The highest BCUT2D eigenvalue weighted by Crippen LogP contribution is 2.15. The summed E-state index contributed by atoms with van der Waals surface area (Å²) in [5.41, 5.74) is 4.24. The summed E-state index contributed by atoms with van der Waals surface area (Å²) in [6, 6.07) is 19.2. The predicted octanol–water partition coefficient (Wildman–Crippen LogP) is 3.66. The summed E-state index contributed by atoms with van der Waals surface area (Å²) in [7, 11) is 0. The summed E-state index contributed by atoms with van der Waals surface area (Å²) in [6.45, 7) is 0. The van der Waals surface area contributed by atoms with Crippen molar-refractivity contribution in [3.05, 3.63) is 107 Å². The third-order valence-corrected chi connectivity index (χ3v) is 4.14. The molecule has 0 bridgehead atoms. The van der Waals surface area contributed by atoms with Crippen LogP contribution in [0.3, 0.4) is 0 Å². The molecule has 0 saturated carbocycles. The lowest BCUT2D eigenvalue weighted by Gasteiger charge is -2.10. The Bertz CT molecular complexity index is 1050. The minimum atomic E-state index is -0.570. The lowest BCUT2D eigenvalue weighted by molar-refractivity contribution is -0.117. The van der Waals surface area contributed by atoms with E-state index in [1.54, 1.807) is 54.9 Å². The van der Waals surface area contributed by atoms with Gasteiger partial charge in [-0.05, 0) is 41.5 Å². The van der Waals surface area contributed by atoms with Gasteiger partial charge in [-0.15, -0.1) is 0 Å². The SMILES string of the molecule is O=C(N/N=C\c1ccncc1)/C(=C/c1ccccc1)NC(=O)c1ccccc1Cl. The van der Waals surface area contributed by atoms with Crippen LogP contribution in [0.5, 0.6) is 0 Å². The van der Waals surface area contributed by atoms with Gasteiger partial charge in [0, 0.05) is 12.4 Å². The molecule has 29 heavy (non-hydrogen) atoms. The van der Waals surface area contributed by atoms with Crippen molar-refractivity contribution >= 4 is 35.7 Å². The van der Waals surface area contributed by atoms with Crippen LogP contribution in [-0.2, 0) is 4.79 Å². The van der Waals surface area contributed by atoms with Gasteiger partial charge >= 0.3 is 0 Å². The number of nitrogens with zero attached hydrogens (tertiary/aromatic N) is 2. The highest BCUT2D eigenvalue weighted by atomic mass is 35.5. The van der Waals surface area contributed by atoms with Gasteiger partial charge in [0.15, 0.2) is 0 Å². The van der Waals surface area contributed by atoms with Gasteiger partial charge in [-0.2, -0.15) is 5.10 Å². The lowest BCUT2D eigenvalue weighted by atomic mass is 10.1. The number of amides is 2. The zero-order chi connectivity index (χ0) is 20.5. The van der Waals surface area contributed by atoms with Crippen LogP contribution >= 0.6 is 11.6 Å². The third kappa shape index (κ3) is 5.85. The van der Waals surface area contributed by atoms with Crippen LogP contribution in [-0.4, -0.2) is 23.0 Å². The molecule has 0 unspecified atom stereocenters. The van der Waals surface area contributed by atoms with E-state index in [4.69, 9.17) is 11.6 Å². The van der Waals surface area contributed by atoms with E-state index < -0.39 is 11.8 Å². The number of hydrazone groups is 1. The normalized spacial score (nSPS) is 11.3. The summed E-state index contributed by atoms with van der Waals surface area (Å²) in [5.74, 6) is -1.06. The van der Waals surface area contributed by atoms with Gasteiger partial charge in [0.1, 0.15) is 5.70 Å². The van der Waals surface area contributed by atoms with E-state index in [1.165, 1.54) is 6.21 Å². The van der Waals surface area contributed by atoms with Crippen molar-refractivity contribution < 1.29 is 9.59 Å². The number of rotatable bonds is 6. The second-order valence-electron chi connectivity index (χ2n) is 5.88. The number of carbonyl (C=O) groups excluding carboxylic acids is 2. The molecule has 0 aliphatic heterocycles. The smallest absolute Gasteiger partial charge is 0.287 e. The maximum atomic E-state index is 12.6. The topological polar surface area (TPSA) is 83.4 Å². The summed E-state index contributed by atoms with van der Waals surface area (Å²) < 4.78 is 0. The van der Waals surface area contributed by atoms with E-state index in [0.29, 0.717) is 5.02 Å². The zero-order valence-corrected chi connectivity index (χ0v) is 16.0. The van der Waals surface area contributed by atoms with Crippen LogP contribution in [0.4, 0.5) is 0 Å². The summed E-state index contributed by atoms with van der Waals surface area (Å²) in [6.07, 6.45) is 6.28. The van der Waals surface area contributed by atoms with Crippen LogP contribution in [0.25, 0.3) is 6.08 Å². The van der Waals surface area contributed by atoms with Gasteiger partial charge in [-0.3, -0.25) is 14.6 Å². The molecule has 0 atom stereocenters. The Morgan fingerprint density at radius 3 is 2.31 bits per heavy atom. The van der Waals surface area contributed by atoms with Crippen molar-refractivity contribution in [2.24, 2.45) is 5.10 Å². The summed E-state index contributed by atoms with van der Waals surface area (Å²) in [4.78, 5) is 29.2. The number of aromatic nitrogens is 1. The van der Waals surface area contributed by atoms with Crippen molar-refractivity contribution in [2.75, 3.05) is 0 Å². The highest BCUT2D eigenvalue weighted by molar-refractivity contribution is 6.34. The molecule has 6 nitrogen and oxygen atoms in total. The largest absolute Gasteiger partial charge is 0.317 e. The standard InChI is InChI=1S/C22H17ClN4O2/c23-19-9-5-4-8-18(19)21(28)26-20(14-16-6-2-1-3-7-16)22(29)27-25-15-17-10-12-24-13-11-17/h1-15H,(H,26,28)(H,27,29)/b20-14-,25-15-. The van der Waals surface area contributed by atoms with Crippen LogP contribution in [0.1, 0.15) is 21.5 Å². The molecule has 3 aromatic rings. The average Bonchev–Trinajstić information content (AvgIpc) is 2.75. The van der Waals surface area contributed by atoms with Crippen molar-refractivity contribution in [2.45, 2.75) is 0 Å². The second-order valence-corrected chi connectivity index (χ2v) is 6.29. The number of nitrogens with one attached hydrogen (secondary N) is 2. The number of benzene rings is 2. The van der Waals surface area contributed by atoms with E-state index in [1.807, 2.05) is 30.3 Å². The van der Waals surface area contributed by atoms with Crippen LogP contribution in [0.15, 0.2) is 89.9 Å². The van der Waals surface area contributed by atoms with Gasteiger partial charge < -0.3 is 5.32 Å². The molecule has 3 rings (SSSR count). The quantitative estimate of drug-likeness (QED) is 0.373. The maximum Gasteiger partial charge on any atom is 0.287 e. The fourth-order valence-corrected chi connectivity index (χ4v) is 2.61. The molecule has 0 aliphatic carbocycles. The zero-order valence-electron chi connectivity index (χ0n) is 15.2. The first-order valence-corrected chi connectivity index (χ1v) is 9.07. The highest BCUT2D eigenvalue weighted by Gasteiger charge is 2.16. The Labute approximate surface area is 172 Å². The van der Waals surface area contributed by atoms with Crippen molar-refractivity contribution in [1.29, 1.82) is 0 Å². The summed E-state index contributed by atoms with van der Waals surface area (Å²) >= 11 is 6.08. The van der Waals surface area contributed by atoms with Crippen molar-refractivity contribution in [1.82, 2.24) is 15.7 Å². The van der Waals surface area contributed by atoms with E-state index in [9.17, 15) is 9.59 Å². The first-order valence-electron chi connectivity index (χ1n) is 8.69. The Balaban J connectivity index is 1.80. The first kappa shape index (κ1) is 20.0. The number of halogens is 1. The minimum absolute atomic E-state index is 0.0352. The van der Waals surface area contributed by atoms with Gasteiger partial charge in [0.2, 0.25) is 0 Å². The monoisotopic (exact) mass is 404 g/mol. The van der Waals surface area contributed by atoms with Gasteiger partial charge in [-0.1, -0.05) is 54.1 Å². The Kier molecular flexibility index (Phi) is 6.86. The molecule has 2 amide bonds. The number of hydrogen-bond acceptors (Lipinski definition) is 4. The number of pyridine rings is 1. The molecule has 0 radical (unpaired) electrons. The molecule has 1 heterocycles. The maximum absolute atomic E-state index is 12.6. The van der Waals surface area contributed by atoms with Gasteiger partial charge in [0.05, 0.1) is 16.8 Å². The van der Waals surface area contributed by atoms with Crippen LogP contribution < -0.4 is 10.7 Å². The molecule has 0 saturated heterocycles. The fraction of sp³-hybridized carbons (Fsp3) is 0. The Morgan fingerprint density at radius 2 is 1.59 bits per heavy atom. The molecule has 1 aromatic heterocycles. The Hall–Kier alpha value is -3.77. The molecular weight excluding hydrogens is 388 g/mol. The van der Waals surface area contributed by atoms with Gasteiger partial charge in [0.25, 0.3) is 11.8 Å². The van der Waals surface area contributed by atoms with E-state index in [2.05, 4.69) is 20.8 Å². The molecule has 2 aromatic carbocycles. The summed E-state index contributed by atoms with van der Waals surface area (Å²) in [5, 5.41) is 6.84. The Morgan fingerprint density at radius 1 is 0.897 bits per heavy atom. The predicted molar refractivity (Wildman–Crippen MR) is 113 cm³/mol. The number of carbonyl (C=O) groups is 2. The molecule has 2 N–H and O–H groups in total. The van der Waals surface area contributed by atoms with Crippen LogP contribution in [0.2, 0.25) is 5.02 Å². The lowest BCUT2D eigenvalue weighted by Crippen LogP contribution is -2.33. The van der Waals surface area contributed by atoms with Crippen LogP contribution in [0, 0.1) is 0 Å². The molecular formula is C22H17ClN4O2. The van der Waals surface area contributed by atoms with Crippen molar-refractivity contribution in [3.63, 3.8) is 0 Å². The second kappa shape index (κ2) is 9.96. The van der Waals surface area contributed by atoms with E-state index >= 15 is 0 Å². The third-order valence-electron chi connectivity index (χ3n) is 3.81. The molecule has 0 aliphatic rings. The van der Waals surface area contributed by atoms with Gasteiger partial charge in [-0.25, -0.2) is 5.43 Å². The van der Waals surface area contributed by atoms with E-state index in [0.717, 1.165) is 11.1 Å². The van der Waals surface area contributed by atoms with E-state index in [-0.39, 0.29) is 11.3 Å².